The molecule has 224 valence electrons. The molecule has 1 aliphatic rings. The molecule has 0 atom stereocenters. The van der Waals surface area contributed by atoms with Crippen LogP contribution < -0.4 is 15.4 Å². The lowest BCUT2D eigenvalue weighted by molar-refractivity contribution is -0.148. The Kier molecular flexibility index (Phi) is 8.77. The number of hydrogen-bond acceptors (Lipinski definition) is 7. The van der Waals surface area contributed by atoms with Gasteiger partial charge in [0, 0.05) is 61.2 Å². The van der Waals surface area contributed by atoms with Crippen LogP contribution in [0.2, 0.25) is 0 Å². The molecule has 5 rings (SSSR count). The number of primary amides is 1. The van der Waals surface area contributed by atoms with Crippen LogP contribution in [0.3, 0.4) is 0 Å². The number of H-pyrrole nitrogens is 1. The Morgan fingerprint density at radius 1 is 1.09 bits per heavy atom. The van der Waals surface area contributed by atoms with Crippen molar-refractivity contribution in [1.82, 2.24) is 19.9 Å². The average molecular weight is 596 g/mol. The van der Waals surface area contributed by atoms with Gasteiger partial charge in [0.1, 0.15) is 5.75 Å². The highest BCUT2D eigenvalue weighted by Gasteiger charge is 2.42. The molecule has 0 radical (unpaired) electrons. The van der Waals surface area contributed by atoms with E-state index < -0.39 is 24.9 Å². The van der Waals surface area contributed by atoms with Gasteiger partial charge in [0.2, 0.25) is 5.95 Å². The molecule has 0 spiro atoms. The van der Waals surface area contributed by atoms with E-state index in [9.17, 15) is 27.6 Å². The summed E-state index contributed by atoms with van der Waals surface area (Å²) in [6.45, 7) is 2.49. The second-order valence-corrected chi connectivity index (χ2v) is 10.3. The topological polar surface area (TPSA) is 124 Å². The van der Waals surface area contributed by atoms with Gasteiger partial charge < -0.3 is 20.4 Å². The number of alkyl halides is 4. The predicted octanol–water partition coefficient (Wildman–Crippen LogP) is 4.63. The Morgan fingerprint density at radius 3 is 2.51 bits per heavy atom. The molecule has 13 heteroatoms. The molecule has 4 aromatic rings. The number of piperazine rings is 1. The van der Waals surface area contributed by atoms with Crippen molar-refractivity contribution in [2.24, 2.45) is 5.73 Å². The fraction of sp³-hybridized carbons (Fsp3) is 0.333. The van der Waals surface area contributed by atoms with Gasteiger partial charge in [-0.15, -0.1) is 0 Å². The van der Waals surface area contributed by atoms with Crippen molar-refractivity contribution in [3.05, 3.63) is 71.7 Å². The number of ether oxygens (including phenoxy) is 1. The third-order valence-electron chi connectivity index (χ3n) is 7.43. The molecular weight excluding hydrogens is 566 g/mol. The van der Waals surface area contributed by atoms with Gasteiger partial charge in [-0.25, -0.2) is 18.7 Å². The molecule has 43 heavy (non-hydrogen) atoms. The van der Waals surface area contributed by atoms with Crippen LogP contribution in [0, 0.1) is 11.3 Å². The minimum Gasteiger partial charge on any atom is -0.486 e. The van der Waals surface area contributed by atoms with Gasteiger partial charge in [-0.1, -0.05) is 6.07 Å². The van der Waals surface area contributed by atoms with Crippen molar-refractivity contribution in [3.63, 3.8) is 0 Å². The van der Waals surface area contributed by atoms with E-state index >= 15 is 0 Å². The third-order valence-corrected chi connectivity index (χ3v) is 7.43. The van der Waals surface area contributed by atoms with Crippen molar-refractivity contribution in [2.45, 2.75) is 25.2 Å². The zero-order chi connectivity index (χ0) is 30.6. The second-order valence-electron chi connectivity index (χ2n) is 10.3. The molecule has 0 saturated carbocycles. The number of nitrogens with two attached hydrogens (primary N) is 1. The first-order valence-corrected chi connectivity index (χ1v) is 13.7. The maximum atomic E-state index is 13.4. The maximum Gasteiger partial charge on any atom is 0.340 e. The van der Waals surface area contributed by atoms with Crippen LogP contribution in [0.15, 0.2) is 55.0 Å². The molecule has 0 aliphatic carbocycles. The maximum absolute atomic E-state index is 13.4. The number of carbonyl (C=O) groups excluding carboxylic acids is 1. The van der Waals surface area contributed by atoms with Gasteiger partial charge in [0.25, 0.3) is 5.91 Å². The number of anilines is 1. The summed E-state index contributed by atoms with van der Waals surface area (Å²) in [4.78, 5) is 28.4. The molecule has 9 nitrogen and oxygen atoms in total. The highest BCUT2D eigenvalue weighted by Crippen LogP contribution is 2.30. The summed E-state index contributed by atoms with van der Waals surface area (Å²) in [5.74, 6) is -5.13. The summed E-state index contributed by atoms with van der Waals surface area (Å²) >= 11 is 0. The minimum absolute atomic E-state index is 0.209. The number of aromatic nitrogens is 3. The van der Waals surface area contributed by atoms with E-state index in [2.05, 4.69) is 30.8 Å². The lowest BCUT2D eigenvalue weighted by Crippen LogP contribution is -2.47. The summed E-state index contributed by atoms with van der Waals surface area (Å²) in [6, 6.07) is 11.9. The number of halogens is 4. The molecule has 2 aromatic carbocycles. The summed E-state index contributed by atoms with van der Waals surface area (Å²) in [5, 5.41) is 10.3. The zero-order valence-electron chi connectivity index (χ0n) is 23.1. The van der Waals surface area contributed by atoms with Gasteiger partial charge in [-0.2, -0.15) is 14.0 Å². The Labute approximate surface area is 244 Å². The van der Waals surface area contributed by atoms with Crippen molar-refractivity contribution < 1.29 is 27.1 Å². The molecule has 3 N–H and O–H groups in total. The van der Waals surface area contributed by atoms with E-state index in [0.29, 0.717) is 22.6 Å². The SMILES string of the molecule is N#Cc1ccc2[nH]cc(CCCN3CCN(c4ncc(-c5ccc(C(N)=O)c(OCC(F)(F)C(F)F)c5)cn4)CC3)c2c1. The number of rotatable bonds is 11. The molecule has 0 unspecified atom stereocenters. The predicted molar refractivity (Wildman–Crippen MR) is 152 cm³/mol. The monoisotopic (exact) mass is 595 g/mol. The number of nitrogens with one attached hydrogen (secondary N) is 1. The molecule has 3 heterocycles. The van der Waals surface area contributed by atoms with E-state index in [1.165, 1.54) is 23.8 Å². The van der Waals surface area contributed by atoms with Crippen LogP contribution in [0.25, 0.3) is 22.0 Å². The van der Waals surface area contributed by atoms with Gasteiger partial charge >= 0.3 is 12.3 Å². The van der Waals surface area contributed by atoms with Crippen LogP contribution in [-0.4, -0.2) is 77.4 Å². The molecule has 1 amide bonds. The van der Waals surface area contributed by atoms with Gasteiger partial charge in [-0.3, -0.25) is 9.69 Å². The van der Waals surface area contributed by atoms with Crippen molar-refractivity contribution >= 4 is 22.8 Å². The van der Waals surface area contributed by atoms with E-state index in [1.807, 2.05) is 18.3 Å². The van der Waals surface area contributed by atoms with Crippen LogP contribution in [0.4, 0.5) is 23.5 Å². The summed E-state index contributed by atoms with van der Waals surface area (Å²) < 4.78 is 56.8. The largest absolute Gasteiger partial charge is 0.486 e. The first-order valence-electron chi connectivity index (χ1n) is 13.7. The summed E-state index contributed by atoms with van der Waals surface area (Å²) in [6.07, 6.45) is 3.10. The quantitative estimate of drug-likeness (QED) is 0.242. The van der Waals surface area contributed by atoms with E-state index in [-0.39, 0.29) is 11.3 Å². The highest BCUT2D eigenvalue weighted by molar-refractivity contribution is 5.96. The first kappa shape index (κ1) is 29.8. The zero-order valence-corrected chi connectivity index (χ0v) is 23.1. The Bertz CT molecular complexity index is 1630. The normalized spacial score (nSPS) is 14.3. The van der Waals surface area contributed by atoms with Crippen molar-refractivity contribution in [1.29, 1.82) is 5.26 Å². The summed E-state index contributed by atoms with van der Waals surface area (Å²) in [7, 11) is 0. The Hall–Kier alpha value is -4.70. The molecular formula is C30H29F4N7O2. The van der Waals surface area contributed by atoms with Crippen molar-refractivity contribution in [2.75, 3.05) is 44.2 Å². The number of hydrogen-bond donors (Lipinski definition) is 2. The minimum atomic E-state index is -4.39. The van der Waals surface area contributed by atoms with Crippen molar-refractivity contribution in [3.8, 4) is 22.9 Å². The number of nitrogens with zero attached hydrogens (tertiary/aromatic N) is 5. The number of aryl methyl sites for hydroxylation is 1. The molecule has 1 saturated heterocycles. The average Bonchev–Trinajstić information content (AvgIpc) is 3.42. The fourth-order valence-corrected chi connectivity index (χ4v) is 5.01. The second kappa shape index (κ2) is 12.7. The Balaban J connectivity index is 1.16. The number of fused-ring (bicyclic) bond motifs is 1. The van der Waals surface area contributed by atoms with Crippen LogP contribution in [0.5, 0.6) is 5.75 Å². The number of amides is 1. The van der Waals surface area contributed by atoms with Gasteiger partial charge in [0.05, 0.1) is 17.2 Å². The number of carbonyl (C=O) groups is 1. The number of nitriles is 1. The van der Waals surface area contributed by atoms with Crippen LogP contribution >= 0.6 is 0 Å². The Morgan fingerprint density at radius 2 is 1.84 bits per heavy atom. The van der Waals surface area contributed by atoms with E-state index in [1.54, 1.807) is 18.5 Å². The molecule has 1 aliphatic heterocycles. The third kappa shape index (κ3) is 6.86. The fourth-order valence-electron chi connectivity index (χ4n) is 5.01. The standard InChI is InChI=1S/C30H29F4N7O2/c31-28(32)30(33,34)18-43-26-13-20(4-5-23(26)27(36)42)22-16-38-29(39-17-22)41-10-8-40(9-11-41)7-1-2-21-15-37-25-6-3-19(14-35)12-24(21)25/h3-6,12-13,15-17,28,37H,1-2,7-11,18H2,(H2,36,42). The molecule has 1 fully saturated rings. The highest BCUT2D eigenvalue weighted by atomic mass is 19.3. The van der Waals surface area contributed by atoms with Crippen LogP contribution in [0.1, 0.15) is 27.9 Å². The smallest absolute Gasteiger partial charge is 0.340 e. The lowest BCUT2D eigenvalue weighted by Gasteiger charge is -2.34. The number of benzene rings is 2. The van der Waals surface area contributed by atoms with E-state index in [4.69, 9.17) is 10.5 Å². The first-order chi connectivity index (χ1) is 20.6. The summed E-state index contributed by atoms with van der Waals surface area (Å²) in [5.41, 5.74) is 8.92. The van der Waals surface area contributed by atoms with Gasteiger partial charge in [0.15, 0.2) is 6.61 Å². The van der Waals surface area contributed by atoms with Gasteiger partial charge in [-0.05, 0) is 60.8 Å². The molecule has 0 bridgehead atoms. The van der Waals surface area contributed by atoms with E-state index in [0.717, 1.165) is 56.5 Å². The molecule has 2 aromatic heterocycles. The number of aromatic amines is 1. The lowest BCUT2D eigenvalue weighted by atomic mass is 10.1. The van der Waals surface area contributed by atoms with Crippen LogP contribution in [-0.2, 0) is 6.42 Å².